The molecule has 0 spiro atoms. The van der Waals surface area contributed by atoms with Crippen molar-refractivity contribution in [1.29, 1.82) is 0 Å². The standard InChI is InChI=1S/C12H15FO2/c1-7-5-9-8(10(14)6-7)3-4-11(15-2)12(9)13/h3-4,7,10,14H,5-6H2,1-2H3. The highest BCUT2D eigenvalue weighted by molar-refractivity contribution is 5.40. The molecule has 2 unspecified atom stereocenters. The molecule has 1 N–H and O–H groups in total. The van der Waals surface area contributed by atoms with Crippen LogP contribution in [-0.2, 0) is 6.42 Å². The molecule has 0 aliphatic heterocycles. The lowest BCUT2D eigenvalue weighted by Crippen LogP contribution is -2.18. The van der Waals surface area contributed by atoms with Gasteiger partial charge < -0.3 is 9.84 Å². The van der Waals surface area contributed by atoms with Crippen LogP contribution in [0, 0.1) is 11.7 Å². The first-order valence-corrected chi connectivity index (χ1v) is 5.16. The van der Waals surface area contributed by atoms with Crippen LogP contribution in [0.3, 0.4) is 0 Å². The maximum Gasteiger partial charge on any atom is 0.168 e. The first-order chi connectivity index (χ1) is 7.13. The molecule has 15 heavy (non-hydrogen) atoms. The molecule has 0 saturated heterocycles. The molecule has 2 rings (SSSR count). The van der Waals surface area contributed by atoms with Gasteiger partial charge >= 0.3 is 0 Å². The summed E-state index contributed by atoms with van der Waals surface area (Å²) >= 11 is 0. The predicted molar refractivity (Wildman–Crippen MR) is 55.4 cm³/mol. The maximum absolute atomic E-state index is 13.9. The zero-order valence-electron chi connectivity index (χ0n) is 8.96. The first-order valence-electron chi connectivity index (χ1n) is 5.16. The van der Waals surface area contributed by atoms with E-state index in [0.29, 0.717) is 29.9 Å². The Kier molecular flexibility index (Phi) is 2.65. The van der Waals surface area contributed by atoms with Gasteiger partial charge in [-0.2, -0.15) is 0 Å². The van der Waals surface area contributed by atoms with Gasteiger partial charge in [-0.25, -0.2) is 4.39 Å². The third-order valence-electron chi connectivity index (χ3n) is 3.00. The van der Waals surface area contributed by atoms with E-state index in [1.807, 2.05) is 6.92 Å². The van der Waals surface area contributed by atoms with Crippen molar-refractivity contribution in [1.82, 2.24) is 0 Å². The Morgan fingerprint density at radius 3 is 2.87 bits per heavy atom. The summed E-state index contributed by atoms with van der Waals surface area (Å²) in [7, 11) is 1.45. The molecular weight excluding hydrogens is 195 g/mol. The lowest BCUT2D eigenvalue weighted by atomic mass is 9.82. The van der Waals surface area contributed by atoms with Gasteiger partial charge in [-0.1, -0.05) is 13.0 Å². The van der Waals surface area contributed by atoms with Crippen molar-refractivity contribution in [3.8, 4) is 5.75 Å². The minimum atomic E-state index is -0.538. The number of hydrogen-bond donors (Lipinski definition) is 1. The normalized spacial score (nSPS) is 24.8. The van der Waals surface area contributed by atoms with Gasteiger partial charge in [0, 0.05) is 0 Å². The summed E-state index contributed by atoms with van der Waals surface area (Å²) in [5.41, 5.74) is 1.33. The van der Waals surface area contributed by atoms with Gasteiger partial charge in [0.05, 0.1) is 13.2 Å². The van der Waals surface area contributed by atoms with Gasteiger partial charge in [0.1, 0.15) is 0 Å². The lowest BCUT2D eigenvalue weighted by molar-refractivity contribution is 0.135. The van der Waals surface area contributed by atoms with Gasteiger partial charge in [-0.15, -0.1) is 0 Å². The average molecular weight is 210 g/mol. The second-order valence-corrected chi connectivity index (χ2v) is 4.21. The van der Waals surface area contributed by atoms with Crippen LogP contribution in [0.25, 0.3) is 0 Å². The third kappa shape index (κ3) is 1.72. The van der Waals surface area contributed by atoms with Gasteiger partial charge in [0.15, 0.2) is 11.6 Å². The van der Waals surface area contributed by atoms with Crippen molar-refractivity contribution < 1.29 is 14.2 Å². The van der Waals surface area contributed by atoms with Crippen LogP contribution in [0.5, 0.6) is 5.75 Å². The maximum atomic E-state index is 13.9. The fourth-order valence-electron chi connectivity index (χ4n) is 2.23. The number of rotatable bonds is 1. The van der Waals surface area contributed by atoms with E-state index in [-0.39, 0.29) is 11.6 Å². The molecule has 2 nitrogen and oxygen atoms in total. The molecule has 3 heteroatoms. The molecular formula is C12H15FO2. The molecule has 2 atom stereocenters. The molecule has 0 aromatic heterocycles. The quantitative estimate of drug-likeness (QED) is 0.771. The van der Waals surface area contributed by atoms with E-state index in [1.165, 1.54) is 7.11 Å². The summed E-state index contributed by atoms with van der Waals surface area (Å²) < 4.78 is 18.8. The number of methoxy groups -OCH3 is 1. The van der Waals surface area contributed by atoms with E-state index >= 15 is 0 Å². The summed E-state index contributed by atoms with van der Waals surface area (Å²) in [6.07, 6.45) is 0.845. The molecule has 0 fully saturated rings. The topological polar surface area (TPSA) is 29.5 Å². The molecule has 0 radical (unpaired) electrons. The van der Waals surface area contributed by atoms with Crippen LogP contribution in [0.1, 0.15) is 30.6 Å². The number of ether oxygens (including phenoxy) is 1. The first kappa shape index (κ1) is 10.4. The van der Waals surface area contributed by atoms with Crippen molar-refractivity contribution in [2.24, 2.45) is 5.92 Å². The number of aliphatic hydroxyl groups is 1. The zero-order valence-corrected chi connectivity index (χ0v) is 8.96. The monoisotopic (exact) mass is 210 g/mol. The molecule has 1 aromatic rings. The zero-order chi connectivity index (χ0) is 11.0. The van der Waals surface area contributed by atoms with Crippen molar-refractivity contribution in [3.05, 3.63) is 29.1 Å². The molecule has 82 valence electrons. The van der Waals surface area contributed by atoms with E-state index in [9.17, 15) is 9.50 Å². The Morgan fingerprint density at radius 2 is 2.20 bits per heavy atom. The smallest absolute Gasteiger partial charge is 0.168 e. The average Bonchev–Trinajstić information content (AvgIpc) is 2.19. The van der Waals surface area contributed by atoms with Crippen molar-refractivity contribution in [2.75, 3.05) is 7.11 Å². The molecule has 0 bridgehead atoms. The van der Waals surface area contributed by atoms with E-state index in [1.54, 1.807) is 12.1 Å². The second-order valence-electron chi connectivity index (χ2n) is 4.21. The van der Waals surface area contributed by atoms with Crippen LogP contribution in [-0.4, -0.2) is 12.2 Å². The largest absolute Gasteiger partial charge is 0.494 e. The molecule has 1 aromatic carbocycles. The van der Waals surface area contributed by atoms with Crippen molar-refractivity contribution >= 4 is 0 Å². The van der Waals surface area contributed by atoms with Crippen LogP contribution in [0.15, 0.2) is 12.1 Å². The molecule has 0 amide bonds. The highest BCUT2D eigenvalue weighted by atomic mass is 19.1. The number of aliphatic hydroxyl groups excluding tert-OH is 1. The summed E-state index contributed by atoms with van der Waals surface area (Å²) in [4.78, 5) is 0. The SMILES string of the molecule is COc1ccc2c(c1F)CC(C)CC2O. The minimum absolute atomic E-state index is 0.259. The van der Waals surface area contributed by atoms with Gasteiger partial charge in [-0.3, -0.25) is 0 Å². The van der Waals surface area contributed by atoms with Crippen LogP contribution >= 0.6 is 0 Å². The summed E-state index contributed by atoms with van der Waals surface area (Å²) in [5, 5.41) is 9.81. The summed E-state index contributed by atoms with van der Waals surface area (Å²) in [6, 6.07) is 3.33. The number of hydrogen-bond acceptors (Lipinski definition) is 2. The lowest BCUT2D eigenvalue weighted by Gasteiger charge is -2.27. The summed E-state index contributed by atoms with van der Waals surface area (Å²) in [6.45, 7) is 2.02. The molecule has 0 heterocycles. The van der Waals surface area contributed by atoms with Crippen molar-refractivity contribution in [2.45, 2.75) is 25.9 Å². The van der Waals surface area contributed by atoms with E-state index in [4.69, 9.17) is 4.74 Å². The Morgan fingerprint density at radius 1 is 1.47 bits per heavy atom. The number of halogens is 1. The van der Waals surface area contributed by atoms with E-state index in [0.717, 1.165) is 0 Å². The summed E-state index contributed by atoms with van der Waals surface area (Å²) in [5.74, 6) is 0.254. The van der Waals surface area contributed by atoms with Gasteiger partial charge in [0.25, 0.3) is 0 Å². The molecule has 1 aliphatic rings. The minimum Gasteiger partial charge on any atom is -0.494 e. The number of benzene rings is 1. The van der Waals surface area contributed by atoms with Crippen molar-refractivity contribution in [3.63, 3.8) is 0 Å². The highest BCUT2D eigenvalue weighted by Crippen LogP contribution is 2.37. The number of fused-ring (bicyclic) bond motifs is 1. The van der Waals surface area contributed by atoms with Gasteiger partial charge in [0.2, 0.25) is 0 Å². The Labute approximate surface area is 88.7 Å². The van der Waals surface area contributed by atoms with E-state index in [2.05, 4.69) is 0 Å². The van der Waals surface area contributed by atoms with Crippen LogP contribution in [0.2, 0.25) is 0 Å². The fourth-order valence-corrected chi connectivity index (χ4v) is 2.23. The fraction of sp³-hybridized carbons (Fsp3) is 0.500. The third-order valence-corrected chi connectivity index (χ3v) is 3.00. The molecule has 1 aliphatic carbocycles. The highest BCUT2D eigenvalue weighted by Gasteiger charge is 2.26. The van der Waals surface area contributed by atoms with Crippen LogP contribution in [0.4, 0.5) is 4.39 Å². The van der Waals surface area contributed by atoms with Gasteiger partial charge in [-0.05, 0) is 36.0 Å². The predicted octanol–water partition coefficient (Wildman–Crippen LogP) is 2.45. The van der Waals surface area contributed by atoms with Crippen LogP contribution < -0.4 is 4.74 Å². The Hall–Kier alpha value is -1.09. The Bertz CT molecular complexity index is 376. The van der Waals surface area contributed by atoms with E-state index < -0.39 is 6.10 Å². The Balaban J connectivity index is 2.51. The second kappa shape index (κ2) is 3.81. The molecule has 0 saturated carbocycles.